The van der Waals surface area contributed by atoms with E-state index in [1.54, 1.807) is 30.0 Å². The average Bonchev–Trinajstić information content (AvgIpc) is 3.16. The second-order valence-electron chi connectivity index (χ2n) is 5.35. The second kappa shape index (κ2) is 13.4. The zero-order chi connectivity index (χ0) is 17.9. The van der Waals surface area contributed by atoms with Crippen LogP contribution in [0.5, 0.6) is 0 Å². The van der Waals surface area contributed by atoms with E-state index in [0.717, 1.165) is 30.9 Å². The van der Waals surface area contributed by atoms with Crippen LogP contribution in [0.4, 0.5) is 5.69 Å². The summed E-state index contributed by atoms with van der Waals surface area (Å²) in [5.41, 5.74) is 3.40. The summed E-state index contributed by atoms with van der Waals surface area (Å²) in [5, 5.41) is 3.36. The van der Waals surface area contributed by atoms with Crippen LogP contribution < -0.4 is 5.32 Å². The molecule has 1 aliphatic heterocycles. The van der Waals surface area contributed by atoms with Gasteiger partial charge in [-0.25, -0.2) is 6.08 Å². The third kappa shape index (κ3) is 7.85. The third-order valence-corrected chi connectivity index (χ3v) is 5.25. The summed E-state index contributed by atoms with van der Waals surface area (Å²) in [6.45, 7) is 10.8. The van der Waals surface area contributed by atoms with Crippen molar-refractivity contribution in [1.82, 2.24) is 8.61 Å². The van der Waals surface area contributed by atoms with Gasteiger partial charge >= 0.3 is 19.5 Å². The van der Waals surface area contributed by atoms with Gasteiger partial charge in [-0.3, -0.25) is 6.58 Å². The maximum atomic E-state index is 5.57. The normalized spacial score (nSPS) is 14.1. The molecule has 0 atom stereocenters. The molecule has 0 spiro atoms. The average molecular weight is 473 g/mol. The number of hydrogen-bond donors (Lipinski definition) is 1. The monoisotopic (exact) mass is 473 g/mol. The van der Waals surface area contributed by atoms with Crippen molar-refractivity contribution < 1.29 is 19.5 Å². The van der Waals surface area contributed by atoms with Crippen molar-refractivity contribution in [1.29, 1.82) is 0 Å². The Bertz CT molecular complexity index is 630. The third-order valence-electron chi connectivity index (χ3n) is 3.76. The number of rotatable bonds is 6. The molecule has 1 N–H and O–H groups in total. The van der Waals surface area contributed by atoms with Crippen LogP contribution in [-0.4, -0.2) is 34.2 Å². The van der Waals surface area contributed by atoms with Gasteiger partial charge in [0, 0.05) is 12.2 Å². The maximum Gasteiger partial charge on any atom is 2.00 e. The topological polar surface area (TPSA) is 18.5 Å². The summed E-state index contributed by atoms with van der Waals surface area (Å²) in [6, 6.07) is 18.2. The van der Waals surface area contributed by atoms with Gasteiger partial charge in [-0.15, -0.1) is 35.5 Å². The molecule has 1 saturated heterocycles. The molecule has 0 aromatic heterocycles. The fraction of sp³-hybridized carbons (Fsp3) is 0.250. The summed E-state index contributed by atoms with van der Waals surface area (Å²) in [4.78, 5) is 0. The van der Waals surface area contributed by atoms with Gasteiger partial charge in [-0.1, -0.05) is 36.4 Å². The fourth-order valence-corrected chi connectivity index (χ4v) is 3.35. The van der Waals surface area contributed by atoms with Crippen molar-refractivity contribution >= 4 is 35.7 Å². The molecule has 3 nitrogen and oxygen atoms in total. The van der Waals surface area contributed by atoms with Crippen molar-refractivity contribution in [2.45, 2.75) is 6.54 Å². The number of hydrogen-bond acceptors (Lipinski definition) is 5. The Balaban J connectivity index is 0.000000290. The molecule has 1 heterocycles. The van der Waals surface area contributed by atoms with E-state index >= 15 is 0 Å². The molecule has 0 amide bonds. The minimum absolute atomic E-state index is 0. The van der Waals surface area contributed by atoms with Crippen LogP contribution in [0.2, 0.25) is 0 Å². The van der Waals surface area contributed by atoms with E-state index in [4.69, 9.17) is 6.58 Å². The number of anilines is 1. The Hall–Kier alpha value is -0.777. The Morgan fingerprint density at radius 3 is 2.12 bits per heavy atom. The van der Waals surface area contributed by atoms with Gasteiger partial charge < -0.3 is 13.9 Å². The van der Waals surface area contributed by atoms with E-state index in [1.807, 2.05) is 36.4 Å². The van der Waals surface area contributed by atoms with E-state index in [2.05, 4.69) is 51.3 Å². The van der Waals surface area contributed by atoms with Gasteiger partial charge in [-0.2, -0.15) is 12.2 Å². The molecule has 140 valence electrons. The molecule has 3 rings (SSSR count). The minimum Gasteiger partial charge on any atom is -0.386 e. The van der Waals surface area contributed by atoms with Gasteiger partial charge in [0.2, 0.25) is 0 Å². The van der Waals surface area contributed by atoms with E-state index < -0.39 is 0 Å². The summed E-state index contributed by atoms with van der Waals surface area (Å²) in [7, 11) is 0. The number of nitrogens with zero attached hydrogens (tertiary/aromatic N) is 2. The van der Waals surface area contributed by atoms with Crippen molar-refractivity contribution in [2.24, 2.45) is 0 Å². The van der Waals surface area contributed by atoms with Crippen molar-refractivity contribution in [3.63, 3.8) is 0 Å². The molecule has 1 fully saturated rings. The van der Waals surface area contributed by atoms with Gasteiger partial charge in [0.25, 0.3) is 0 Å². The van der Waals surface area contributed by atoms with Crippen LogP contribution in [0.3, 0.4) is 0 Å². The van der Waals surface area contributed by atoms with Crippen molar-refractivity contribution in [3.05, 3.63) is 79.0 Å². The van der Waals surface area contributed by atoms with Crippen LogP contribution in [0, 0.1) is 13.2 Å². The van der Waals surface area contributed by atoms with Gasteiger partial charge in [-0.05, 0) is 37.7 Å². The van der Waals surface area contributed by atoms with E-state index in [9.17, 15) is 0 Å². The zero-order valence-corrected chi connectivity index (χ0v) is 18.5. The van der Waals surface area contributed by atoms with Crippen LogP contribution >= 0.6 is 23.9 Å². The molecular formula is C20H25N3RuS2. The van der Waals surface area contributed by atoms with Crippen LogP contribution in [0.1, 0.15) is 11.1 Å². The summed E-state index contributed by atoms with van der Waals surface area (Å²) < 4.78 is 4.47. The summed E-state index contributed by atoms with van der Waals surface area (Å²) in [5.74, 6) is 0. The number of benzene rings is 2. The molecule has 6 heteroatoms. The molecule has 0 radical (unpaired) electrons. The van der Waals surface area contributed by atoms with E-state index in [1.165, 1.54) is 5.56 Å². The molecule has 2 aromatic rings. The Kier molecular flexibility index (Phi) is 12.0. The predicted octanol–water partition coefficient (Wildman–Crippen LogP) is 5.02. The SMILES string of the molecule is CSN1[CH-]N(SC)CC1.[CH-]=Cc1ccccc1CNc1ccccc1.[Ru+2]. The molecular weight excluding hydrogens is 447 g/mol. The Labute approximate surface area is 179 Å². The Morgan fingerprint density at radius 1 is 1.00 bits per heavy atom. The minimum atomic E-state index is 0. The first-order valence-corrected chi connectivity index (χ1v) is 10.5. The van der Waals surface area contributed by atoms with E-state index in [0.29, 0.717) is 0 Å². The molecule has 2 aromatic carbocycles. The van der Waals surface area contributed by atoms with Crippen molar-refractivity contribution in [2.75, 3.05) is 30.9 Å². The first-order chi connectivity index (χ1) is 12.3. The molecule has 0 unspecified atom stereocenters. The fourth-order valence-electron chi connectivity index (χ4n) is 2.34. The smallest absolute Gasteiger partial charge is 0.386 e. The van der Waals surface area contributed by atoms with Gasteiger partial charge in [0.1, 0.15) is 0 Å². The first kappa shape index (κ1) is 23.3. The molecule has 0 aliphatic carbocycles. The first-order valence-electron chi connectivity index (χ1n) is 8.15. The molecule has 1 aliphatic rings. The summed E-state index contributed by atoms with van der Waals surface area (Å²) in [6.07, 6.45) is 5.84. The predicted molar refractivity (Wildman–Crippen MR) is 114 cm³/mol. The quantitative estimate of drug-likeness (QED) is 0.360. The van der Waals surface area contributed by atoms with Crippen LogP contribution in [-0.2, 0) is 26.0 Å². The molecule has 0 bridgehead atoms. The zero-order valence-electron chi connectivity index (χ0n) is 15.1. The van der Waals surface area contributed by atoms with Crippen molar-refractivity contribution in [3.8, 4) is 0 Å². The number of nitrogens with one attached hydrogen (secondary N) is 1. The molecule has 26 heavy (non-hydrogen) atoms. The maximum absolute atomic E-state index is 5.57. The largest absolute Gasteiger partial charge is 2.00 e. The van der Waals surface area contributed by atoms with E-state index in [-0.39, 0.29) is 19.5 Å². The summed E-state index contributed by atoms with van der Waals surface area (Å²) >= 11 is 3.55. The second-order valence-corrected chi connectivity index (χ2v) is 7.02. The van der Waals surface area contributed by atoms with Gasteiger partial charge in [0.15, 0.2) is 0 Å². The molecule has 0 saturated carbocycles. The standard InChI is InChI=1S/C15H14N.C5H11N2S2.Ru/c1-2-13-8-6-7-9-14(13)12-16-15-10-4-3-5-11-15;1-8-6-3-4-7(5-6)9-2;/h1-11,16H,12H2;5H,3-4H2,1-2H3;/q2*-1;+2. The Morgan fingerprint density at radius 2 is 1.58 bits per heavy atom. The van der Waals surface area contributed by atoms with Crippen LogP contribution in [0.25, 0.3) is 6.08 Å². The number of para-hydroxylation sites is 1. The van der Waals surface area contributed by atoms with Crippen LogP contribution in [0.15, 0.2) is 54.6 Å². The van der Waals surface area contributed by atoms with Gasteiger partial charge in [0.05, 0.1) is 0 Å².